The van der Waals surface area contributed by atoms with Gasteiger partial charge in [0, 0.05) is 12.6 Å². The highest BCUT2D eigenvalue weighted by Crippen LogP contribution is 2.40. The Morgan fingerprint density at radius 3 is 2.19 bits per heavy atom. The predicted molar refractivity (Wildman–Crippen MR) is 116 cm³/mol. The second kappa shape index (κ2) is 9.58. The van der Waals surface area contributed by atoms with Crippen LogP contribution in [0.15, 0.2) is 24.3 Å². The van der Waals surface area contributed by atoms with Gasteiger partial charge in [-0.15, -0.1) is 12.4 Å². The van der Waals surface area contributed by atoms with E-state index in [1.165, 1.54) is 11.1 Å². The summed E-state index contributed by atoms with van der Waals surface area (Å²) in [4.78, 5) is 2.38. The Bertz CT molecular complexity index is 790. The second-order valence-electron chi connectivity index (χ2n) is 6.56. The fourth-order valence-corrected chi connectivity index (χ4v) is 4.23. The quantitative estimate of drug-likeness (QED) is 0.502. The Morgan fingerprint density at radius 2 is 1.59 bits per heavy atom. The van der Waals surface area contributed by atoms with E-state index in [0.717, 1.165) is 42.9 Å². The molecule has 27 heavy (non-hydrogen) atoms. The fraction of sp³-hybridized carbons (Fsp3) is 0.400. The first-order valence-electron chi connectivity index (χ1n) is 8.53. The number of hydrogen-bond donors (Lipinski definition) is 0. The maximum atomic E-state index is 6.17. The van der Waals surface area contributed by atoms with E-state index in [-0.39, 0.29) is 12.4 Å². The lowest BCUT2D eigenvalue weighted by Crippen LogP contribution is -2.32. The molecule has 1 aliphatic heterocycles. The molecular weight excluding hydrogens is 428 g/mol. The van der Waals surface area contributed by atoms with Gasteiger partial charge in [-0.05, 0) is 67.3 Å². The van der Waals surface area contributed by atoms with E-state index in [0.29, 0.717) is 21.1 Å². The molecule has 1 atom stereocenters. The fourth-order valence-electron chi connectivity index (χ4n) is 3.59. The highest BCUT2D eigenvalue weighted by molar-refractivity contribution is 6.48. The van der Waals surface area contributed by atoms with Crippen molar-refractivity contribution in [2.24, 2.45) is 0 Å². The van der Waals surface area contributed by atoms with E-state index in [2.05, 4.69) is 24.1 Å². The molecule has 3 nitrogen and oxygen atoms in total. The lowest BCUT2D eigenvalue weighted by atomic mass is 9.89. The van der Waals surface area contributed by atoms with Gasteiger partial charge in [0.1, 0.15) is 0 Å². The van der Waals surface area contributed by atoms with Gasteiger partial charge in [-0.2, -0.15) is 0 Å². The van der Waals surface area contributed by atoms with Gasteiger partial charge in [0.25, 0.3) is 0 Å². The molecule has 0 N–H and O–H groups in total. The van der Waals surface area contributed by atoms with Crippen molar-refractivity contribution in [3.05, 3.63) is 56.0 Å². The number of ether oxygens (including phenoxy) is 2. The Kier molecular flexibility index (Phi) is 7.96. The first-order chi connectivity index (χ1) is 12.4. The molecule has 3 rings (SSSR count). The van der Waals surface area contributed by atoms with Crippen molar-refractivity contribution < 1.29 is 9.47 Å². The van der Waals surface area contributed by atoms with Crippen LogP contribution in [0.4, 0.5) is 0 Å². The number of fused-ring (bicyclic) bond motifs is 1. The number of halogens is 4. The van der Waals surface area contributed by atoms with Crippen LogP contribution in [0.1, 0.15) is 29.2 Å². The van der Waals surface area contributed by atoms with Gasteiger partial charge < -0.3 is 9.47 Å². The summed E-state index contributed by atoms with van der Waals surface area (Å²) < 4.78 is 11.0. The normalized spacial score (nSPS) is 16.4. The second-order valence-corrected chi connectivity index (χ2v) is 7.76. The molecule has 7 heteroatoms. The van der Waals surface area contributed by atoms with Crippen LogP contribution in [-0.4, -0.2) is 32.7 Å². The lowest BCUT2D eigenvalue weighted by molar-refractivity contribution is 0.218. The first kappa shape index (κ1) is 22.4. The largest absolute Gasteiger partial charge is 0.493 e. The molecule has 1 heterocycles. The summed E-state index contributed by atoms with van der Waals surface area (Å²) in [6.45, 7) is 1.01. The van der Waals surface area contributed by atoms with Crippen molar-refractivity contribution in [2.45, 2.75) is 25.3 Å². The topological polar surface area (TPSA) is 21.7 Å². The van der Waals surface area contributed by atoms with Crippen molar-refractivity contribution in [1.29, 1.82) is 0 Å². The lowest BCUT2D eigenvalue weighted by Gasteiger charge is -2.35. The molecule has 2 aromatic carbocycles. The zero-order valence-electron chi connectivity index (χ0n) is 15.5. The molecule has 0 spiro atoms. The number of nitrogens with zero attached hydrogens (tertiary/aromatic N) is 1. The summed E-state index contributed by atoms with van der Waals surface area (Å²) in [5.74, 6) is 1.55. The number of methoxy groups -OCH3 is 2. The zero-order valence-corrected chi connectivity index (χ0v) is 18.6. The molecule has 2 aromatic rings. The third kappa shape index (κ3) is 4.78. The van der Waals surface area contributed by atoms with Gasteiger partial charge in [0.2, 0.25) is 0 Å². The Hall–Kier alpha value is -0.840. The third-order valence-corrected chi connectivity index (χ3v) is 6.22. The van der Waals surface area contributed by atoms with Crippen LogP contribution in [0.3, 0.4) is 0 Å². The van der Waals surface area contributed by atoms with E-state index < -0.39 is 0 Å². The Balaban J connectivity index is 0.00000261. The maximum Gasteiger partial charge on any atom is 0.161 e. The smallest absolute Gasteiger partial charge is 0.161 e. The van der Waals surface area contributed by atoms with E-state index >= 15 is 0 Å². The molecule has 0 fully saturated rings. The van der Waals surface area contributed by atoms with Crippen LogP contribution in [0.2, 0.25) is 15.1 Å². The van der Waals surface area contributed by atoms with Crippen LogP contribution < -0.4 is 9.47 Å². The molecule has 0 aromatic heterocycles. The van der Waals surface area contributed by atoms with Gasteiger partial charge in [-0.1, -0.05) is 34.8 Å². The predicted octanol–water partition coefficient (Wildman–Crippen LogP) is 6.25. The number of rotatable bonds is 5. The highest BCUT2D eigenvalue weighted by atomic mass is 35.5. The Labute approximate surface area is 181 Å². The van der Waals surface area contributed by atoms with Crippen LogP contribution >= 0.6 is 47.2 Å². The van der Waals surface area contributed by atoms with Crippen LogP contribution in [0.25, 0.3) is 0 Å². The first-order valence-corrected chi connectivity index (χ1v) is 9.66. The van der Waals surface area contributed by atoms with Gasteiger partial charge in [-0.25, -0.2) is 0 Å². The van der Waals surface area contributed by atoms with Gasteiger partial charge >= 0.3 is 0 Å². The maximum absolute atomic E-state index is 6.17. The van der Waals surface area contributed by atoms with Crippen LogP contribution in [0.5, 0.6) is 11.5 Å². The number of aryl methyl sites for hydroxylation is 1. The minimum absolute atomic E-state index is 0. The number of likely N-dealkylation sites (N-methyl/N-ethyl adjacent to an activating group) is 1. The van der Waals surface area contributed by atoms with Crippen molar-refractivity contribution in [2.75, 3.05) is 27.8 Å². The molecule has 1 aliphatic rings. The van der Waals surface area contributed by atoms with Gasteiger partial charge in [-0.3, -0.25) is 4.90 Å². The molecular formula is C20H23Cl4NO2. The Morgan fingerprint density at radius 1 is 1.00 bits per heavy atom. The summed E-state index contributed by atoms with van der Waals surface area (Å²) in [6, 6.07) is 8.30. The SMILES string of the molecule is COc1cc2c(cc1OC)C(CCc1cc(Cl)c(Cl)c(Cl)c1)N(C)CC2.Cl. The van der Waals surface area contributed by atoms with Gasteiger partial charge in [0.05, 0.1) is 29.3 Å². The highest BCUT2D eigenvalue weighted by Gasteiger charge is 2.26. The van der Waals surface area contributed by atoms with Crippen molar-refractivity contribution in [1.82, 2.24) is 4.90 Å². The van der Waals surface area contributed by atoms with E-state index in [1.807, 2.05) is 12.1 Å². The zero-order chi connectivity index (χ0) is 18.8. The van der Waals surface area contributed by atoms with Gasteiger partial charge in [0.15, 0.2) is 11.5 Å². The van der Waals surface area contributed by atoms with Crippen molar-refractivity contribution in [3.63, 3.8) is 0 Å². The average Bonchev–Trinajstić information content (AvgIpc) is 2.64. The number of hydrogen-bond acceptors (Lipinski definition) is 3. The van der Waals surface area contributed by atoms with Crippen LogP contribution in [0, 0.1) is 0 Å². The standard InChI is InChI=1S/C20H22Cl3NO2.ClH/c1-24-7-6-13-10-18(25-2)19(26-3)11-14(13)17(24)5-4-12-8-15(21)20(23)16(22)9-12;/h8-11,17H,4-7H2,1-3H3;1H. The molecule has 0 radical (unpaired) electrons. The molecule has 0 saturated carbocycles. The third-order valence-electron chi connectivity index (χ3n) is 5.02. The summed E-state index contributed by atoms with van der Waals surface area (Å²) in [6.07, 6.45) is 2.81. The average molecular weight is 451 g/mol. The van der Waals surface area contributed by atoms with E-state index in [1.54, 1.807) is 14.2 Å². The summed E-state index contributed by atoms with van der Waals surface area (Å²) in [5, 5.41) is 1.41. The molecule has 0 amide bonds. The summed E-state index contributed by atoms with van der Waals surface area (Å²) in [7, 11) is 5.50. The minimum atomic E-state index is 0. The monoisotopic (exact) mass is 449 g/mol. The molecule has 148 valence electrons. The number of benzene rings is 2. The molecule has 0 saturated heterocycles. The van der Waals surface area contributed by atoms with Crippen LogP contribution in [-0.2, 0) is 12.8 Å². The molecule has 1 unspecified atom stereocenters. The summed E-state index contributed by atoms with van der Waals surface area (Å²) >= 11 is 18.4. The molecule has 0 aliphatic carbocycles. The summed E-state index contributed by atoms with van der Waals surface area (Å²) in [5.41, 5.74) is 3.70. The van der Waals surface area contributed by atoms with E-state index in [4.69, 9.17) is 44.3 Å². The van der Waals surface area contributed by atoms with Crippen molar-refractivity contribution in [3.8, 4) is 11.5 Å². The van der Waals surface area contributed by atoms with Crippen molar-refractivity contribution >= 4 is 47.2 Å². The minimum Gasteiger partial charge on any atom is -0.493 e. The van der Waals surface area contributed by atoms with E-state index in [9.17, 15) is 0 Å². The molecule has 0 bridgehead atoms.